The van der Waals surface area contributed by atoms with Crippen LogP contribution < -0.4 is 5.32 Å². The van der Waals surface area contributed by atoms with E-state index in [9.17, 15) is 9.59 Å². The maximum absolute atomic E-state index is 11.7. The first-order valence-electron chi connectivity index (χ1n) is 5.64. The number of pyridine rings is 1. The third-order valence-electron chi connectivity index (χ3n) is 2.45. The Morgan fingerprint density at radius 3 is 2.53 bits per heavy atom. The van der Waals surface area contributed by atoms with E-state index in [1.165, 1.54) is 6.20 Å². The van der Waals surface area contributed by atoms with Crippen LogP contribution in [-0.4, -0.2) is 16.8 Å². The summed E-state index contributed by atoms with van der Waals surface area (Å²) in [6.45, 7) is 0. The van der Waals surface area contributed by atoms with E-state index in [4.69, 9.17) is 11.6 Å². The number of amides is 2. The Bertz CT molecular complexity index is 582. The molecule has 1 heterocycles. The maximum atomic E-state index is 11.7. The molecular formula is C14H11ClN2O2. The Morgan fingerprint density at radius 1 is 1.16 bits per heavy atom. The molecule has 19 heavy (non-hydrogen) atoms. The number of imide groups is 1. The maximum Gasteiger partial charge on any atom is 0.259 e. The predicted molar refractivity (Wildman–Crippen MR) is 71.9 cm³/mol. The molecule has 2 rings (SSSR count). The van der Waals surface area contributed by atoms with Gasteiger partial charge in [0.1, 0.15) is 0 Å². The smallest absolute Gasteiger partial charge is 0.259 e. The van der Waals surface area contributed by atoms with Crippen LogP contribution >= 0.6 is 11.6 Å². The fourth-order valence-corrected chi connectivity index (χ4v) is 1.65. The van der Waals surface area contributed by atoms with Gasteiger partial charge in [-0.25, -0.2) is 0 Å². The van der Waals surface area contributed by atoms with Crippen LogP contribution in [0.15, 0.2) is 48.8 Å². The lowest BCUT2D eigenvalue weighted by Crippen LogP contribution is -2.31. The number of nitrogens with zero attached hydrogens (tertiary/aromatic N) is 1. The molecule has 0 aliphatic carbocycles. The average molecular weight is 275 g/mol. The number of halogens is 1. The summed E-state index contributed by atoms with van der Waals surface area (Å²) in [5.74, 6) is -0.816. The molecule has 0 unspecified atom stereocenters. The van der Waals surface area contributed by atoms with Gasteiger partial charge in [-0.3, -0.25) is 19.9 Å². The van der Waals surface area contributed by atoms with E-state index in [1.807, 2.05) is 0 Å². The molecule has 0 spiro atoms. The minimum atomic E-state index is -0.452. The molecule has 4 nitrogen and oxygen atoms in total. The molecular weight excluding hydrogens is 264 g/mol. The molecule has 0 atom stereocenters. The molecule has 0 saturated heterocycles. The highest BCUT2D eigenvalue weighted by atomic mass is 35.5. The Kier molecular flexibility index (Phi) is 4.26. The minimum Gasteiger partial charge on any atom is -0.292 e. The highest BCUT2D eigenvalue weighted by Gasteiger charge is 2.10. The van der Waals surface area contributed by atoms with Crippen molar-refractivity contribution in [1.82, 2.24) is 10.3 Å². The van der Waals surface area contributed by atoms with Crippen molar-refractivity contribution in [3.8, 4) is 0 Å². The SMILES string of the molecule is O=C(Cc1ccc(Cl)cc1)NC(=O)c1cccnc1. The van der Waals surface area contributed by atoms with Crippen LogP contribution in [-0.2, 0) is 11.2 Å². The van der Waals surface area contributed by atoms with E-state index in [1.54, 1.807) is 42.6 Å². The zero-order chi connectivity index (χ0) is 13.7. The van der Waals surface area contributed by atoms with Gasteiger partial charge in [-0.1, -0.05) is 23.7 Å². The molecule has 0 bridgehead atoms. The monoisotopic (exact) mass is 274 g/mol. The molecule has 2 amide bonds. The summed E-state index contributed by atoms with van der Waals surface area (Å²) in [6, 6.07) is 10.1. The van der Waals surface area contributed by atoms with Crippen molar-refractivity contribution in [3.05, 3.63) is 64.9 Å². The average Bonchev–Trinajstić information content (AvgIpc) is 2.42. The molecule has 0 saturated carbocycles. The van der Waals surface area contributed by atoms with Gasteiger partial charge in [0.05, 0.1) is 12.0 Å². The molecule has 5 heteroatoms. The van der Waals surface area contributed by atoms with Gasteiger partial charge in [0.2, 0.25) is 5.91 Å². The first-order chi connectivity index (χ1) is 9.15. The van der Waals surface area contributed by atoms with Gasteiger partial charge < -0.3 is 0 Å². The quantitative estimate of drug-likeness (QED) is 0.934. The summed E-state index contributed by atoms with van der Waals surface area (Å²) in [5.41, 5.74) is 1.15. The van der Waals surface area contributed by atoms with Crippen molar-refractivity contribution in [2.45, 2.75) is 6.42 Å². The highest BCUT2D eigenvalue weighted by Crippen LogP contribution is 2.09. The minimum absolute atomic E-state index is 0.128. The second-order valence-corrected chi connectivity index (χ2v) is 4.36. The summed E-state index contributed by atoms with van der Waals surface area (Å²) in [6.07, 6.45) is 3.10. The molecule has 1 N–H and O–H groups in total. The molecule has 0 aliphatic heterocycles. The van der Waals surface area contributed by atoms with Crippen molar-refractivity contribution >= 4 is 23.4 Å². The number of aromatic nitrogens is 1. The standard InChI is InChI=1S/C14H11ClN2O2/c15-12-5-3-10(4-6-12)8-13(18)17-14(19)11-2-1-7-16-9-11/h1-7,9H,8H2,(H,17,18,19). The van der Waals surface area contributed by atoms with Crippen molar-refractivity contribution in [1.29, 1.82) is 0 Å². The first-order valence-corrected chi connectivity index (χ1v) is 6.01. The second kappa shape index (κ2) is 6.11. The number of carbonyl (C=O) groups is 2. The zero-order valence-corrected chi connectivity index (χ0v) is 10.7. The van der Waals surface area contributed by atoms with Crippen molar-refractivity contribution in [2.75, 3.05) is 0 Å². The number of nitrogens with one attached hydrogen (secondary N) is 1. The summed E-state index contributed by atoms with van der Waals surface area (Å²) >= 11 is 5.75. The zero-order valence-electron chi connectivity index (χ0n) is 9.97. The summed E-state index contributed by atoms with van der Waals surface area (Å²) < 4.78 is 0. The number of hydrogen-bond acceptors (Lipinski definition) is 3. The fraction of sp³-hybridized carbons (Fsp3) is 0.0714. The van der Waals surface area contributed by atoms with Gasteiger partial charge in [-0.05, 0) is 29.8 Å². The third kappa shape index (κ3) is 3.89. The van der Waals surface area contributed by atoms with Gasteiger partial charge >= 0.3 is 0 Å². The van der Waals surface area contributed by atoms with Gasteiger partial charge in [-0.15, -0.1) is 0 Å². The Hall–Kier alpha value is -2.20. The largest absolute Gasteiger partial charge is 0.292 e. The third-order valence-corrected chi connectivity index (χ3v) is 2.71. The number of benzene rings is 1. The highest BCUT2D eigenvalue weighted by molar-refractivity contribution is 6.30. The van der Waals surface area contributed by atoms with E-state index in [-0.39, 0.29) is 12.3 Å². The summed E-state index contributed by atoms with van der Waals surface area (Å²) in [7, 11) is 0. The predicted octanol–water partition coefficient (Wildman–Crippen LogP) is 2.23. The lowest BCUT2D eigenvalue weighted by atomic mass is 10.1. The van der Waals surface area contributed by atoms with E-state index in [0.29, 0.717) is 10.6 Å². The second-order valence-electron chi connectivity index (χ2n) is 3.92. The molecule has 2 aromatic rings. The van der Waals surface area contributed by atoms with Crippen molar-refractivity contribution in [3.63, 3.8) is 0 Å². The van der Waals surface area contributed by atoms with Gasteiger partial charge in [0.15, 0.2) is 0 Å². The van der Waals surface area contributed by atoms with Crippen LogP contribution in [0.2, 0.25) is 5.02 Å². The first kappa shape index (κ1) is 13.2. The summed E-state index contributed by atoms with van der Waals surface area (Å²) in [5, 5.41) is 2.92. The van der Waals surface area contributed by atoms with Crippen LogP contribution in [0.25, 0.3) is 0 Å². The molecule has 0 aliphatic rings. The van der Waals surface area contributed by atoms with Crippen molar-refractivity contribution in [2.24, 2.45) is 0 Å². The van der Waals surface area contributed by atoms with Gasteiger partial charge in [0.25, 0.3) is 5.91 Å². The Morgan fingerprint density at radius 2 is 1.89 bits per heavy atom. The van der Waals surface area contributed by atoms with Gasteiger partial charge in [0, 0.05) is 17.4 Å². The molecule has 1 aromatic carbocycles. The van der Waals surface area contributed by atoms with E-state index < -0.39 is 5.91 Å². The lowest BCUT2D eigenvalue weighted by molar-refractivity contribution is -0.119. The van der Waals surface area contributed by atoms with Gasteiger partial charge in [-0.2, -0.15) is 0 Å². The number of carbonyl (C=O) groups excluding carboxylic acids is 2. The number of hydrogen-bond donors (Lipinski definition) is 1. The van der Waals surface area contributed by atoms with Crippen LogP contribution in [0.3, 0.4) is 0 Å². The van der Waals surface area contributed by atoms with E-state index >= 15 is 0 Å². The van der Waals surface area contributed by atoms with E-state index in [2.05, 4.69) is 10.3 Å². The Labute approximate surface area is 115 Å². The molecule has 96 valence electrons. The van der Waals surface area contributed by atoms with Crippen LogP contribution in [0.4, 0.5) is 0 Å². The lowest BCUT2D eigenvalue weighted by Gasteiger charge is -2.04. The summed E-state index contributed by atoms with van der Waals surface area (Å²) in [4.78, 5) is 27.2. The number of rotatable bonds is 3. The van der Waals surface area contributed by atoms with E-state index in [0.717, 1.165) is 5.56 Å². The molecule has 0 radical (unpaired) electrons. The Balaban J connectivity index is 1.95. The normalized spacial score (nSPS) is 9.95. The van der Waals surface area contributed by atoms with Crippen LogP contribution in [0.5, 0.6) is 0 Å². The molecule has 1 aromatic heterocycles. The topological polar surface area (TPSA) is 59.1 Å². The van der Waals surface area contributed by atoms with Crippen LogP contribution in [0.1, 0.15) is 15.9 Å². The van der Waals surface area contributed by atoms with Crippen molar-refractivity contribution < 1.29 is 9.59 Å². The fourth-order valence-electron chi connectivity index (χ4n) is 1.53. The molecule has 0 fully saturated rings. The van der Waals surface area contributed by atoms with Crippen LogP contribution in [0, 0.1) is 0 Å².